The van der Waals surface area contributed by atoms with Gasteiger partial charge in [-0.25, -0.2) is 9.98 Å². The third kappa shape index (κ3) is 6.15. The van der Waals surface area contributed by atoms with E-state index in [1.54, 1.807) is 0 Å². The van der Waals surface area contributed by atoms with Crippen LogP contribution >= 0.6 is 0 Å². The topological polar surface area (TPSA) is 68.6 Å². The van der Waals surface area contributed by atoms with Crippen molar-refractivity contribution in [2.75, 3.05) is 0 Å². The van der Waals surface area contributed by atoms with Crippen LogP contribution in [0.4, 0.5) is 0 Å². The molecule has 0 saturated heterocycles. The van der Waals surface area contributed by atoms with Gasteiger partial charge in [0.2, 0.25) is 0 Å². The Morgan fingerprint density at radius 1 is 0.528 bits per heavy atom. The lowest BCUT2D eigenvalue weighted by Crippen LogP contribution is -2.16. The van der Waals surface area contributed by atoms with E-state index in [4.69, 9.17) is 20.7 Å². The highest BCUT2D eigenvalue weighted by molar-refractivity contribution is 6.24. The number of aromatic nitrogens is 2. The molecule has 7 aromatic carbocycles. The Hall–Kier alpha value is -7.11. The van der Waals surface area contributed by atoms with Gasteiger partial charge in [-0.1, -0.05) is 158 Å². The molecule has 252 valence electrons. The zero-order valence-corrected chi connectivity index (χ0v) is 29.0. The summed E-state index contributed by atoms with van der Waals surface area (Å²) in [5, 5.41) is 4.80. The highest BCUT2D eigenvalue weighted by Gasteiger charge is 2.19. The zero-order chi connectivity index (χ0) is 35.6. The van der Waals surface area contributed by atoms with E-state index < -0.39 is 0 Å². The van der Waals surface area contributed by atoms with E-state index in [1.807, 2.05) is 60.8 Å². The first-order valence-electron chi connectivity index (χ1n) is 17.8. The molecule has 9 aromatic rings. The lowest BCUT2D eigenvalue weighted by Gasteiger charge is -2.12. The fraction of sp³-hybridized carbons (Fsp3) is 0.0208. The van der Waals surface area contributed by atoms with Crippen molar-refractivity contribution in [2.24, 2.45) is 15.7 Å². The molecule has 0 atom stereocenters. The first-order valence-corrected chi connectivity index (χ1v) is 17.8. The summed E-state index contributed by atoms with van der Waals surface area (Å²) in [7, 11) is 0. The van der Waals surface area contributed by atoms with Gasteiger partial charge in [0, 0.05) is 28.1 Å². The molecule has 9 rings (SSSR count). The minimum absolute atomic E-state index is 0.401. The number of hydrogen-bond acceptors (Lipinski definition) is 2. The molecule has 0 aliphatic heterocycles. The van der Waals surface area contributed by atoms with E-state index in [-0.39, 0.29) is 0 Å². The Labute approximate surface area is 308 Å². The van der Waals surface area contributed by atoms with Crippen LogP contribution in [-0.2, 0) is 6.54 Å². The largest absolute Gasteiger partial charge is 0.383 e. The molecule has 0 bridgehead atoms. The van der Waals surface area contributed by atoms with E-state index in [0.717, 1.165) is 44.7 Å². The van der Waals surface area contributed by atoms with Crippen LogP contribution in [0.2, 0.25) is 0 Å². The van der Waals surface area contributed by atoms with Crippen molar-refractivity contribution < 1.29 is 0 Å². The number of amidine groups is 2. The van der Waals surface area contributed by atoms with Crippen molar-refractivity contribution in [1.82, 2.24) is 9.55 Å². The Kier molecular flexibility index (Phi) is 8.35. The Bertz CT molecular complexity index is 2770. The van der Waals surface area contributed by atoms with Crippen LogP contribution in [0.25, 0.3) is 60.6 Å². The van der Waals surface area contributed by atoms with E-state index in [2.05, 4.69) is 132 Å². The van der Waals surface area contributed by atoms with Crippen LogP contribution in [0.3, 0.4) is 0 Å². The fourth-order valence-electron chi connectivity index (χ4n) is 7.17. The van der Waals surface area contributed by atoms with Crippen molar-refractivity contribution in [2.45, 2.75) is 6.54 Å². The van der Waals surface area contributed by atoms with E-state index in [9.17, 15) is 0 Å². The monoisotopic (exact) mass is 681 g/mol. The van der Waals surface area contributed by atoms with E-state index in [0.29, 0.717) is 18.2 Å². The predicted molar refractivity (Wildman–Crippen MR) is 221 cm³/mol. The van der Waals surface area contributed by atoms with Crippen molar-refractivity contribution in [3.8, 4) is 28.1 Å². The molecule has 2 N–H and O–H groups in total. The number of fused-ring (bicyclic) bond motifs is 5. The molecule has 0 aliphatic rings. The highest BCUT2D eigenvalue weighted by atomic mass is 15.1. The minimum atomic E-state index is 0.401. The molecule has 0 amide bonds. The second-order valence-corrected chi connectivity index (χ2v) is 13.1. The first-order chi connectivity index (χ1) is 26.2. The van der Waals surface area contributed by atoms with E-state index in [1.165, 1.54) is 32.7 Å². The molecule has 5 nitrogen and oxygen atoms in total. The SMILES string of the molecule is NC(=NC(=NCc1ccccc1)c1ccc(-n2c3cc(-c4ccccc4)ccc3c3c4ccccc4c(-c4ccccc4)cc32)nc1)c1ccccc1. The Morgan fingerprint density at radius 2 is 1.17 bits per heavy atom. The van der Waals surface area contributed by atoms with Gasteiger partial charge in [0.15, 0.2) is 5.84 Å². The second-order valence-electron chi connectivity index (χ2n) is 13.1. The molecule has 0 unspecified atom stereocenters. The van der Waals surface area contributed by atoms with Crippen LogP contribution in [-0.4, -0.2) is 21.2 Å². The average molecular weight is 682 g/mol. The molecule has 53 heavy (non-hydrogen) atoms. The molecule has 2 heterocycles. The van der Waals surface area contributed by atoms with Gasteiger partial charge in [-0.2, -0.15) is 0 Å². The maximum Gasteiger partial charge on any atom is 0.158 e. The summed E-state index contributed by atoms with van der Waals surface area (Å²) in [6.45, 7) is 0.466. The maximum absolute atomic E-state index is 6.55. The summed E-state index contributed by atoms with van der Waals surface area (Å²) in [4.78, 5) is 14.9. The summed E-state index contributed by atoms with van der Waals surface area (Å²) >= 11 is 0. The van der Waals surface area contributed by atoms with Crippen molar-refractivity contribution in [3.05, 3.63) is 205 Å². The molecule has 0 spiro atoms. The number of benzene rings is 7. The predicted octanol–water partition coefficient (Wildman–Crippen LogP) is 11.0. The third-order valence-electron chi connectivity index (χ3n) is 9.75. The van der Waals surface area contributed by atoms with Gasteiger partial charge in [0.25, 0.3) is 0 Å². The summed E-state index contributed by atoms with van der Waals surface area (Å²) in [5.41, 5.74) is 16.1. The molecule has 0 aliphatic carbocycles. The van der Waals surface area contributed by atoms with Crippen LogP contribution in [0.15, 0.2) is 198 Å². The number of nitrogens with two attached hydrogens (primary N) is 1. The Morgan fingerprint density at radius 3 is 1.87 bits per heavy atom. The van der Waals surface area contributed by atoms with Gasteiger partial charge in [-0.05, 0) is 62.9 Å². The maximum atomic E-state index is 6.55. The van der Waals surface area contributed by atoms with Crippen molar-refractivity contribution >= 4 is 44.2 Å². The fourth-order valence-corrected chi connectivity index (χ4v) is 7.17. The number of pyridine rings is 1. The lowest BCUT2D eigenvalue weighted by atomic mass is 9.94. The van der Waals surface area contributed by atoms with Crippen molar-refractivity contribution in [3.63, 3.8) is 0 Å². The van der Waals surface area contributed by atoms with E-state index >= 15 is 0 Å². The summed E-state index contributed by atoms with van der Waals surface area (Å²) < 4.78 is 2.29. The number of nitrogens with zero attached hydrogens (tertiary/aromatic N) is 4. The van der Waals surface area contributed by atoms with Gasteiger partial charge < -0.3 is 5.73 Å². The molecule has 5 heteroatoms. The second kappa shape index (κ2) is 13.9. The average Bonchev–Trinajstić information content (AvgIpc) is 3.57. The molecule has 2 aromatic heterocycles. The Balaban J connectivity index is 1.25. The number of aliphatic imine (C=N–C) groups is 2. The number of rotatable bonds is 7. The van der Waals surface area contributed by atoms with Crippen molar-refractivity contribution in [1.29, 1.82) is 0 Å². The summed E-state index contributed by atoms with van der Waals surface area (Å²) in [6, 6.07) is 63.0. The molecule has 0 radical (unpaired) electrons. The molecular formula is C48H35N5. The number of hydrogen-bond donors (Lipinski definition) is 1. The smallest absolute Gasteiger partial charge is 0.158 e. The van der Waals surface area contributed by atoms with Gasteiger partial charge >= 0.3 is 0 Å². The molecular weight excluding hydrogens is 647 g/mol. The minimum Gasteiger partial charge on any atom is -0.383 e. The lowest BCUT2D eigenvalue weighted by molar-refractivity contribution is 1.05. The van der Waals surface area contributed by atoms with Gasteiger partial charge in [-0.15, -0.1) is 0 Å². The van der Waals surface area contributed by atoms with Gasteiger partial charge in [-0.3, -0.25) is 9.56 Å². The van der Waals surface area contributed by atoms with Crippen LogP contribution in [0, 0.1) is 0 Å². The first kappa shape index (κ1) is 31.8. The van der Waals surface area contributed by atoms with Crippen LogP contribution in [0.1, 0.15) is 16.7 Å². The molecule has 0 fully saturated rings. The normalized spacial score (nSPS) is 12.2. The van der Waals surface area contributed by atoms with Crippen LogP contribution in [0.5, 0.6) is 0 Å². The highest BCUT2D eigenvalue weighted by Crippen LogP contribution is 2.42. The molecule has 0 saturated carbocycles. The van der Waals surface area contributed by atoms with Crippen LogP contribution < -0.4 is 5.73 Å². The summed E-state index contributed by atoms with van der Waals surface area (Å²) in [6.07, 6.45) is 1.86. The van der Waals surface area contributed by atoms with Gasteiger partial charge in [0.05, 0.1) is 17.6 Å². The van der Waals surface area contributed by atoms with Gasteiger partial charge in [0.1, 0.15) is 11.7 Å². The standard InChI is InChI=1S/C48H35N5/c49-47(36-21-11-4-12-22-36)52-48(51-31-33-15-5-1-6-16-33)38-26-28-45(50-32-38)53-43-29-37(34-17-7-2-8-18-34)25-27-41(43)46-40-24-14-13-23-39(40)42(30-44(46)53)35-19-9-3-10-20-35/h1-30,32H,31H2,(H2,49,51,52). The third-order valence-corrected chi connectivity index (χ3v) is 9.75. The summed E-state index contributed by atoms with van der Waals surface area (Å²) in [5.74, 6) is 1.73. The quantitative estimate of drug-likeness (QED) is 0.134. The zero-order valence-electron chi connectivity index (χ0n) is 29.0.